The van der Waals surface area contributed by atoms with E-state index in [1.807, 2.05) is 0 Å². The quantitative estimate of drug-likeness (QED) is 0.214. The maximum atomic E-state index is 5.69. The number of aromatic amines is 1. The third kappa shape index (κ3) is 6.63. The van der Waals surface area contributed by atoms with Crippen molar-refractivity contribution in [2.75, 3.05) is 40.0 Å². The Bertz CT molecular complexity index is 741. The van der Waals surface area contributed by atoms with Crippen molar-refractivity contribution in [2.24, 2.45) is 4.99 Å². The standard InChI is InChI=1S/C21H32N4O2.HI/c1-16-6-3-8-19-20(16)17(14-25-19)9-11-24-21(22-2)23-10-5-12-26-15-18-7-4-13-27-18;/h3,6,8,14,18,25H,4-5,7,9-13,15H2,1-2H3,(H2,22,23,24);1H. The predicted octanol–water partition coefficient (Wildman–Crippen LogP) is 3.39. The van der Waals surface area contributed by atoms with Gasteiger partial charge in [0.25, 0.3) is 0 Å². The SMILES string of the molecule is CN=C(NCCCOCC1CCCO1)NCCc1c[nH]c2cccc(C)c12.I. The first-order valence-electron chi connectivity index (χ1n) is 9.97. The van der Waals surface area contributed by atoms with Crippen LogP contribution >= 0.6 is 24.0 Å². The molecule has 156 valence electrons. The molecule has 0 radical (unpaired) electrons. The van der Waals surface area contributed by atoms with Crippen LogP contribution in [0.15, 0.2) is 29.4 Å². The monoisotopic (exact) mass is 500 g/mol. The Morgan fingerprint density at radius 2 is 2.18 bits per heavy atom. The van der Waals surface area contributed by atoms with Crippen LogP contribution in [0.1, 0.15) is 30.4 Å². The number of benzene rings is 1. The van der Waals surface area contributed by atoms with Crippen molar-refractivity contribution in [3.05, 3.63) is 35.5 Å². The van der Waals surface area contributed by atoms with Crippen LogP contribution in [-0.2, 0) is 15.9 Å². The molecule has 1 aromatic heterocycles. The van der Waals surface area contributed by atoms with Crippen molar-refractivity contribution in [3.8, 4) is 0 Å². The van der Waals surface area contributed by atoms with Gasteiger partial charge in [-0.2, -0.15) is 0 Å². The number of aryl methyl sites for hydroxylation is 1. The van der Waals surface area contributed by atoms with E-state index in [4.69, 9.17) is 9.47 Å². The Balaban J connectivity index is 0.00000280. The lowest BCUT2D eigenvalue weighted by atomic mass is 10.1. The first kappa shape index (κ1) is 23.0. The molecule has 0 aliphatic carbocycles. The molecule has 7 heteroatoms. The second-order valence-corrected chi connectivity index (χ2v) is 7.05. The Morgan fingerprint density at radius 1 is 1.32 bits per heavy atom. The summed E-state index contributed by atoms with van der Waals surface area (Å²) in [6.07, 6.45) is 6.62. The van der Waals surface area contributed by atoms with Gasteiger partial charge in [-0.3, -0.25) is 4.99 Å². The molecule has 1 aromatic carbocycles. The van der Waals surface area contributed by atoms with Gasteiger partial charge in [-0.15, -0.1) is 24.0 Å². The van der Waals surface area contributed by atoms with Crippen molar-refractivity contribution in [2.45, 2.75) is 38.7 Å². The minimum absolute atomic E-state index is 0. The molecule has 2 heterocycles. The largest absolute Gasteiger partial charge is 0.379 e. The average Bonchev–Trinajstić information content (AvgIpc) is 3.33. The first-order valence-corrected chi connectivity index (χ1v) is 9.97. The highest BCUT2D eigenvalue weighted by molar-refractivity contribution is 14.0. The number of hydrogen-bond donors (Lipinski definition) is 3. The summed E-state index contributed by atoms with van der Waals surface area (Å²) in [7, 11) is 1.80. The Labute approximate surface area is 184 Å². The van der Waals surface area contributed by atoms with Gasteiger partial charge >= 0.3 is 0 Å². The number of nitrogens with one attached hydrogen (secondary N) is 3. The lowest BCUT2D eigenvalue weighted by Crippen LogP contribution is -2.39. The molecular weight excluding hydrogens is 467 g/mol. The van der Waals surface area contributed by atoms with E-state index < -0.39 is 0 Å². The number of fused-ring (bicyclic) bond motifs is 1. The molecule has 1 aliphatic rings. The van der Waals surface area contributed by atoms with Crippen molar-refractivity contribution < 1.29 is 9.47 Å². The van der Waals surface area contributed by atoms with Crippen LogP contribution in [-0.4, -0.2) is 57.0 Å². The van der Waals surface area contributed by atoms with E-state index in [-0.39, 0.29) is 24.0 Å². The minimum Gasteiger partial charge on any atom is -0.379 e. The molecular formula is C21H33IN4O2. The summed E-state index contributed by atoms with van der Waals surface area (Å²) >= 11 is 0. The minimum atomic E-state index is 0. The summed E-state index contributed by atoms with van der Waals surface area (Å²) < 4.78 is 11.2. The maximum Gasteiger partial charge on any atom is 0.190 e. The van der Waals surface area contributed by atoms with E-state index in [1.165, 1.54) is 22.0 Å². The molecule has 2 aromatic rings. The number of halogens is 1. The highest BCUT2D eigenvalue weighted by atomic mass is 127. The van der Waals surface area contributed by atoms with Gasteiger partial charge in [0, 0.05) is 50.5 Å². The molecule has 1 saturated heterocycles. The number of guanidine groups is 1. The van der Waals surface area contributed by atoms with E-state index in [0.717, 1.165) is 64.6 Å². The number of ether oxygens (including phenoxy) is 2. The number of aromatic nitrogens is 1. The number of hydrogen-bond acceptors (Lipinski definition) is 3. The van der Waals surface area contributed by atoms with Gasteiger partial charge in [0.05, 0.1) is 12.7 Å². The van der Waals surface area contributed by atoms with E-state index >= 15 is 0 Å². The third-order valence-corrected chi connectivity index (χ3v) is 4.99. The molecule has 0 spiro atoms. The Kier molecular flexibility index (Phi) is 10.1. The van der Waals surface area contributed by atoms with Crippen LogP contribution < -0.4 is 10.6 Å². The summed E-state index contributed by atoms with van der Waals surface area (Å²) in [6, 6.07) is 6.38. The number of H-pyrrole nitrogens is 1. The molecule has 1 unspecified atom stereocenters. The van der Waals surface area contributed by atoms with Crippen LogP contribution in [0.4, 0.5) is 0 Å². The van der Waals surface area contributed by atoms with Gasteiger partial charge in [-0.25, -0.2) is 0 Å². The van der Waals surface area contributed by atoms with Gasteiger partial charge in [0.1, 0.15) is 0 Å². The molecule has 3 N–H and O–H groups in total. The van der Waals surface area contributed by atoms with Crippen molar-refractivity contribution in [3.63, 3.8) is 0 Å². The molecule has 28 heavy (non-hydrogen) atoms. The van der Waals surface area contributed by atoms with Gasteiger partial charge in [0.2, 0.25) is 0 Å². The van der Waals surface area contributed by atoms with Crippen LogP contribution in [0.2, 0.25) is 0 Å². The van der Waals surface area contributed by atoms with Crippen molar-refractivity contribution in [1.82, 2.24) is 15.6 Å². The van der Waals surface area contributed by atoms with Crippen LogP contribution in [0.25, 0.3) is 10.9 Å². The maximum absolute atomic E-state index is 5.69. The van der Waals surface area contributed by atoms with Gasteiger partial charge in [0.15, 0.2) is 5.96 Å². The number of rotatable bonds is 9. The van der Waals surface area contributed by atoms with Gasteiger partial charge in [-0.05, 0) is 49.8 Å². The molecule has 6 nitrogen and oxygen atoms in total. The second-order valence-electron chi connectivity index (χ2n) is 7.05. The van der Waals surface area contributed by atoms with Crippen LogP contribution in [0.3, 0.4) is 0 Å². The molecule has 1 atom stereocenters. The molecule has 3 rings (SSSR count). The molecule has 1 aliphatic heterocycles. The zero-order valence-corrected chi connectivity index (χ0v) is 19.3. The first-order chi connectivity index (χ1) is 13.3. The van der Waals surface area contributed by atoms with Crippen LogP contribution in [0.5, 0.6) is 0 Å². The third-order valence-electron chi connectivity index (χ3n) is 4.99. The molecule has 0 bridgehead atoms. The Hall–Kier alpha value is -1.32. The lowest BCUT2D eigenvalue weighted by Gasteiger charge is -2.13. The molecule has 0 amide bonds. The fraction of sp³-hybridized carbons (Fsp3) is 0.571. The summed E-state index contributed by atoms with van der Waals surface area (Å²) in [4.78, 5) is 7.65. The lowest BCUT2D eigenvalue weighted by molar-refractivity contribution is 0.0168. The fourth-order valence-corrected chi connectivity index (χ4v) is 3.56. The normalized spacial score (nSPS) is 16.9. The zero-order valence-electron chi connectivity index (χ0n) is 16.9. The number of aliphatic imine (C=N–C) groups is 1. The smallest absolute Gasteiger partial charge is 0.190 e. The highest BCUT2D eigenvalue weighted by Crippen LogP contribution is 2.22. The molecule has 0 saturated carbocycles. The van der Waals surface area contributed by atoms with Crippen molar-refractivity contribution >= 4 is 40.8 Å². The van der Waals surface area contributed by atoms with E-state index in [9.17, 15) is 0 Å². The predicted molar refractivity (Wildman–Crippen MR) is 126 cm³/mol. The summed E-state index contributed by atoms with van der Waals surface area (Å²) in [5, 5.41) is 8.08. The average molecular weight is 500 g/mol. The second kappa shape index (κ2) is 12.3. The van der Waals surface area contributed by atoms with Gasteiger partial charge < -0.3 is 25.1 Å². The highest BCUT2D eigenvalue weighted by Gasteiger charge is 2.14. The summed E-state index contributed by atoms with van der Waals surface area (Å²) in [6.45, 7) is 6.20. The van der Waals surface area contributed by atoms with Gasteiger partial charge in [-0.1, -0.05) is 12.1 Å². The zero-order chi connectivity index (χ0) is 18.9. The fourth-order valence-electron chi connectivity index (χ4n) is 3.56. The van der Waals surface area contributed by atoms with Crippen molar-refractivity contribution in [1.29, 1.82) is 0 Å². The topological polar surface area (TPSA) is 70.7 Å². The van der Waals surface area contributed by atoms with E-state index in [1.54, 1.807) is 7.05 Å². The number of nitrogens with zero attached hydrogens (tertiary/aromatic N) is 1. The molecule has 1 fully saturated rings. The van der Waals surface area contributed by atoms with Crippen LogP contribution in [0, 0.1) is 6.92 Å². The summed E-state index contributed by atoms with van der Waals surface area (Å²) in [5.74, 6) is 0.839. The van der Waals surface area contributed by atoms with E-state index in [2.05, 4.69) is 51.9 Å². The van der Waals surface area contributed by atoms with E-state index in [0.29, 0.717) is 6.10 Å². The Morgan fingerprint density at radius 3 is 2.96 bits per heavy atom. The summed E-state index contributed by atoms with van der Waals surface area (Å²) in [5.41, 5.74) is 3.86.